The van der Waals surface area contributed by atoms with E-state index in [4.69, 9.17) is 4.74 Å². The zero-order valence-electron chi connectivity index (χ0n) is 9.50. The monoisotopic (exact) mass is 224 g/mol. The van der Waals surface area contributed by atoms with Gasteiger partial charge in [0.1, 0.15) is 11.4 Å². The summed E-state index contributed by atoms with van der Waals surface area (Å²) in [6, 6.07) is 15.9. The summed E-state index contributed by atoms with van der Waals surface area (Å²) in [5, 5.41) is 5.65. The minimum atomic E-state index is 0.820. The van der Waals surface area contributed by atoms with Crippen molar-refractivity contribution < 1.29 is 4.74 Å². The lowest BCUT2D eigenvalue weighted by molar-refractivity contribution is 0.412. The molecule has 3 rings (SSSR count). The molecule has 0 aliphatic heterocycles. The van der Waals surface area contributed by atoms with Crippen molar-refractivity contribution in [2.75, 3.05) is 7.11 Å². The summed E-state index contributed by atoms with van der Waals surface area (Å²) in [5.41, 5.74) is 1.93. The number of para-hydroxylation sites is 2. The third-order valence-corrected chi connectivity index (χ3v) is 2.75. The van der Waals surface area contributed by atoms with E-state index >= 15 is 0 Å². The van der Waals surface area contributed by atoms with E-state index in [9.17, 15) is 0 Å². The van der Waals surface area contributed by atoms with Gasteiger partial charge in [0, 0.05) is 11.6 Å². The molecule has 0 fully saturated rings. The first-order valence-corrected chi connectivity index (χ1v) is 5.46. The normalized spacial score (nSPS) is 10.6. The molecule has 3 nitrogen and oxygen atoms in total. The van der Waals surface area contributed by atoms with E-state index in [2.05, 4.69) is 5.10 Å². The minimum Gasteiger partial charge on any atom is -0.494 e. The van der Waals surface area contributed by atoms with Gasteiger partial charge in [-0.15, -0.1) is 0 Å². The second-order valence-corrected chi connectivity index (χ2v) is 3.80. The SMILES string of the molecule is COc1ccccc1-n1cc2ccccc2n1. The number of ether oxygens (including phenoxy) is 1. The fraction of sp³-hybridized carbons (Fsp3) is 0.0714. The number of rotatable bonds is 2. The predicted molar refractivity (Wildman–Crippen MR) is 67.6 cm³/mol. The van der Waals surface area contributed by atoms with Crippen LogP contribution in [-0.2, 0) is 0 Å². The Kier molecular flexibility index (Phi) is 2.29. The molecule has 0 radical (unpaired) electrons. The van der Waals surface area contributed by atoms with Gasteiger partial charge in [-0.2, -0.15) is 5.10 Å². The third kappa shape index (κ3) is 1.65. The predicted octanol–water partition coefficient (Wildman–Crippen LogP) is 3.03. The van der Waals surface area contributed by atoms with Gasteiger partial charge in [-0.05, 0) is 18.2 Å². The van der Waals surface area contributed by atoms with E-state index < -0.39 is 0 Å². The Hall–Kier alpha value is -2.29. The fourth-order valence-electron chi connectivity index (χ4n) is 1.91. The first kappa shape index (κ1) is 9.90. The van der Waals surface area contributed by atoms with Crippen molar-refractivity contribution in [1.82, 2.24) is 9.78 Å². The molecular weight excluding hydrogens is 212 g/mol. The maximum atomic E-state index is 5.33. The van der Waals surface area contributed by atoms with Crippen molar-refractivity contribution in [3.8, 4) is 11.4 Å². The lowest BCUT2D eigenvalue weighted by Crippen LogP contribution is -1.97. The molecule has 0 atom stereocenters. The zero-order chi connectivity index (χ0) is 11.7. The molecule has 0 aliphatic rings. The lowest BCUT2D eigenvalue weighted by Gasteiger charge is -2.06. The average Bonchev–Trinajstić information content (AvgIpc) is 2.82. The van der Waals surface area contributed by atoms with Crippen molar-refractivity contribution in [2.45, 2.75) is 0 Å². The summed E-state index contributed by atoms with van der Waals surface area (Å²) in [6.45, 7) is 0. The molecule has 0 N–H and O–H groups in total. The molecule has 3 heteroatoms. The Morgan fingerprint density at radius 3 is 2.59 bits per heavy atom. The number of hydrogen-bond donors (Lipinski definition) is 0. The molecule has 0 saturated heterocycles. The number of aromatic nitrogens is 2. The highest BCUT2D eigenvalue weighted by atomic mass is 16.5. The largest absolute Gasteiger partial charge is 0.494 e. The number of benzene rings is 2. The van der Waals surface area contributed by atoms with E-state index in [-0.39, 0.29) is 0 Å². The maximum absolute atomic E-state index is 5.33. The Morgan fingerprint density at radius 2 is 1.76 bits per heavy atom. The van der Waals surface area contributed by atoms with E-state index in [1.807, 2.05) is 59.4 Å². The van der Waals surface area contributed by atoms with Crippen LogP contribution in [0.5, 0.6) is 5.75 Å². The Balaban J connectivity index is 2.20. The third-order valence-electron chi connectivity index (χ3n) is 2.75. The van der Waals surface area contributed by atoms with Gasteiger partial charge in [-0.25, -0.2) is 4.68 Å². The summed E-state index contributed by atoms with van der Waals surface area (Å²) < 4.78 is 7.19. The van der Waals surface area contributed by atoms with Crippen LogP contribution >= 0.6 is 0 Å². The van der Waals surface area contributed by atoms with E-state index in [1.165, 1.54) is 0 Å². The van der Waals surface area contributed by atoms with Crippen LogP contribution in [0.15, 0.2) is 54.7 Å². The molecule has 0 spiro atoms. The fourth-order valence-corrected chi connectivity index (χ4v) is 1.91. The number of hydrogen-bond acceptors (Lipinski definition) is 2. The number of methoxy groups -OCH3 is 1. The Labute approximate surface area is 99.3 Å². The van der Waals surface area contributed by atoms with Crippen molar-refractivity contribution >= 4 is 10.9 Å². The smallest absolute Gasteiger partial charge is 0.144 e. The quantitative estimate of drug-likeness (QED) is 0.669. The van der Waals surface area contributed by atoms with Crippen LogP contribution in [-0.4, -0.2) is 16.9 Å². The molecule has 0 aliphatic carbocycles. The lowest BCUT2D eigenvalue weighted by atomic mass is 10.2. The summed E-state index contributed by atoms with van der Waals surface area (Å²) in [7, 11) is 1.67. The Morgan fingerprint density at radius 1 is 1.00 bits per heavy atom. The van der Waals surface area contributed by atoms with Crippen molar-refractivity contribution in [3.63, 3.8) is 0 Å². The summed E-state index contributed by atoms with van der Waals surface area (Å²) >= 11 is 0. The topological polar surface area (TPSA) is 27.1 Å². The molecule has 0 amide bonds. The number of nitrogens with zero attached hydrogens (tertiary/aromatic N) is 2. The molecule has 0 saturated carbocycles. The van der Waals surface area contributed by atoms with Crippen LogP contribution in [0, 0.1) is 0 Å². The zero-order valence-corrected chi connectivity index (χ0v) is 9.50. The van der Waals surface area contributed by atoms with Crippen LogP contribution < -0.4 is 4.74 Å². The highest BCUT2D eigenvalue weighted by molar-refractivity contribution is 5.78. The summed E-state index contributed by atoms with van der Waals surface area (Å²) in [4.78, 5) is 0. The maximum Gasteiger partial charge on any atom is 0.144 e. The van der Waals surface area contributed by atoms with Crippen LogP contribution in [0.25, 0.3) is 16.6 Å². The van der Waals surface area contributed by atoms with Crippen LogP contribution in [0.3, 0.4) is 0 Å². The molecule has 3 aromatic rings. The molecule has 84 valence electrons. The molecule has 1 heterocycles. The van der Waals surface area contributed by atoms with Gasteiger partial charge in [0.2, 0.25) is 0 Å². The van der Waals surface area contributed by atoms with E-state index in [1.54, 1.807) is 7.11 Å². The molecule has 2 aromatic carbocycles. The summed E-state index contributed by atoms with van der Waals surface area (Å²) in [6.07, 6.45) is 2.01. The highest BCUT2D eigenvalue weighted by Gasteiger charge is 2.06. The standard InChI is InChI=1S/C14H12N2O/c1-17-14-9-5-4-8-13(14)16-10-11-6-2-3-7-12(11)15-16/h2-10H,1H3. The van der Waals surface area contributed by atoms with Gasteiger partial charge in [0.15, 0.2) is 0 Å². The first-order chi connectivity index (χ1) is 8.38. The van der Waals surface area contributed by atoms with E-state index in [0.717, 1.165) is 22.3 Å². The average molecular weight is 224 g/mol. The van der Waals surface area contributed by atoms with Gasteiger partial charge in [-0.1, -0.05) is 30.3 Å². The Bertz CT molecular complexity index is 625. The van der Waals surface area contributed by atoms with Gasteiger partial charge in [0.25, 0.3) is 0 Å². The second-order valence-electron chi connectivity index (χ2n) is 3.80. The molecular formula is C14H12N2O. The molecule has 17 heavy (non-hydrogen) atoms. The first-order valence-electron chi connectivity index (χ1n) is 5.46. The number of fused-ring (bicyclic) bond motifs is 1. The van der Waals surface area contributed by atoms with Crippen molar-refractivity contribution in [3.05, 3.63) is 54.7 Å². The second kappa shape index (κ2) is 3.94. The molecule has 0 unspecified atom stereocenters. The van der Waals surface area contributed by atoms with Crippen molar-refractivity contribution in [1.29, 1.82) is 0 Å². The molecule has 1 aromatic heterocycles. The van der Waals surface area contributed by atoms with Crippen LogP contribution in [0.2, 0.25) is 0 Å². The van der Waals surface area contributed by atoms with Gasteiger partial charge in [0.05, 0.1) is 12.6 Å². The van der Waals surface area contributed by atoms with Crippen LogP contribution in [0.4, 0.5) is 0 Å². The highest BCUT2D eigenvalue weighted by Crippen LogP contribution is 2.23. The van der Waals surface area contributed by atoms with Gasteiger partial charge >= 0.3 is 0 Å². The van der Waals surface area contributed by atoms with Crippen LogP contribution in [0.1, 0.15) is 0 Å². The van der Waals surface area contributed by atoms with E-state index in [0.29, 0.717) is 0 Å². The summed E-state index contributed by atoms with van der Waals surface area (Å²) in [5.74, 6) is 0.820. The van der Waals surface area contributed by atoms with Crippen molar-refractivity contribution in [2.24, 2.45) is 0 Å². The minimum absolute atomic E-state index is 0.820. The molecule has 0 bridgehead atoms. The van der Waals surface area contributed by atoms with Gasteiger partial charge in [-0.3, -0.25) is 0 Å². The van der Waals surface area contributed by atoms with Gasteiger partial charge < -0.3 is 4.74 Å².